The van der Waals surface area contributed by atoms with Crippen molar-refractivity contribution in [2.24, 2.45) is 5.10 Å². The Balaban J connectivity index is 1.58. The molecule has 2 aliphatic heterocycles. The first kappa shape index (κ1) is 18.7. The van der Waals surface area contributed by atoms with E-state index >= 15 is 0 Å². The smallest absolute Gasteiger partial charge is 0.243 e. The second-order valence-electron chi connectivity index (χ2n) is 6.52. The van der Waals surface area contributed by atoms with Crippen LogP contribution in [0.3, 0.4) is 0 Å². The van der Waals surface area contributed by atoms with E-state index in [2.05, 4.69) is 5.10 Å². The Morgan fingerprint density at radius 1 is 1.14 bits per heavy atom. The Bertz CT molecular complexity index is 992. The SMILES string of the molecule is CC(=O)N(C[C@H]1OC(c2ccc3c(c2)OCO3)=NN1C(C)=O)c1ccc(F)cc1. The fourth-order valence-electron chi connectivity index (χ4n) is 3.10. The molecule has 0 radical (unpaired) electrons. The maximum Gasteiger partial charge on any atom is 0.243 e. The van der Waals surface area contributed by atoms with Crippen LogP contribution in [-0.2, 0) is 14.3 Å². The summed E-state index contributed by atoms with van der Waals surface area (Å²) in [5, 5.41) is 5.45. The van der Waals surface area contributed by atoms with Gasteiger partial charge in [0.2, 0.25) is 30.7 Å². The van der Waals surface area contributed by atoms with E-state index in [9.17, 15) is 14.0 Å². The molecule has 0 bridgehead atoms. The molecular formula is C20H18FN3O5. The zero-order chi connectivity index (χ0) is 20.5. The summed E-state index contributed by atoms with van der Waals surface area (Å²) >= 11 is 0. The molecule has 0 spiro atoms. The molecule has 8 nitrogen and oxygen atoms in total. The van der Waals surface area contributed by atoms with E-state index < -0.39 is 12.0 Å². The number of carbonyl (C=O) groups is 2. The van der Waals surface area contributed by atoms with Crippen molar-refractivity contribution in [2.75, 3.05) is 18.2 Å². The van der Waals surface area contributed by atoms with Gasteiger partial charge in [0, 0.05) is 25.1 Å². The standard InChI is InChI=1S/C20H18FN3O5/c1-12(25)23(16-6-4-15(21)5-7-16)10-19-24(13(2)26)22-20(29-19)14-3-8-17-18(9-14)28-11-27-17/h3-9,19H,10-11H2,1-2H3/t19-/m1/s1. The van der Waals surface area contributed by atoms with Crippen LogP contribution in [0.4, 0.5) is 10.1 Å². The lowest BCUT2D eigenvalue weighted by Crippen LogP contribution is -2.44. The van der Waals surface area contributed by atoms with Crippen LogP contribution in [0.1, 0.15) is 19.4 Å². The van der Waals surface area contributed by atoms with Crippen molar-refractivity contribution in [3.8, 4) is 11.5 Å². The third kappa shape index (κ3) is 3.71. The molecule has 0 N–H and O–H groups in total. The van der Waals surface area contributed by atoms with Crippen LogP contribution in [0.2, 0.25) is 0 Å². The minimum absolute atomic E-state index is 0.0259. The summed E-state index contributed by atoms with van der Waals surface area (Å²) in [6.45, 7) is 2.91. The first-order valence-corrected chi connectivity index (χ1v) is 8.91. The lowest BCUT2D eigenvalue weighted by atomic mass is 10.2. The monoisotopic (exact) mass is 399 g/mol. The quantitative estimate of drug-likeness (QED) is 0.789. The van der Waals surface area contributed by atoms with E-state index in [1.807, 2.05) is 0 Å². The highest BCUT2D eigenvalue weighted by Gasteiger charge is 2.34. The van der Waals surface area contributed by atoms with Crippen LogP contribution in [0.25, 0.3) is 0 Å². The molecule has 29 heavy (non-hydrogen) atoms. The summed E-state index contributed by atoms with van der Waals surface area (Å²) in [6.07, 6.45) is -0.832. The summed E-state index contributed by atoms with van der Waals surface area (Å²) in [4.78, 5) is 25.7. The van der Waals surface area contributed by atoms with E-state index in [0.717, 1.165) is 0 Å². The molecule has 0 aromatic heterocycles. The largest absolute Gasteiger partial charge is 0.454 e. The minimum Gasteiger partial charge on any atom is -0.454 e. The van der Waals surface area contributed by atoms with Crippen LogP contribution in [0.5, 0.6) is 11.5 Å². The number of hydrazone groups is 1. The van der Waals surface area contributed by atoms with Crippen LogP contribution < -0.4 is 14.4 Å². The molecule has 0 saturated heterocycles. The van der Waals surface area contributed by atoms with E-state index in [0.29, 0.717) is 22.7 Å². The Morgan fingerprint density at radius 2 is 1.86 bits per heavy atom. The maximum absolute atomic E-state index is 13.2. The Kier molecular flexibility index (Phi) is 4.79. The Hall–Kier alpha value is -3.62. The highest BCUT2D eigenvalue weighted by molar-refractivity contribution is 5.97. The molecule has 1 atom stereocenters. The first-order valence-electron chi connectivity index (χ1n) is 8.91. The van der Waals surface area contributed by atoms with Crippen LogP contribution in [0.15, 0.2) is 47.6 Å². The molecule has 2 aliphatic rings. The Morgan fingerprint density at radius 3 is 2.55 bits per heavy atom. The number of rotatable bonds is 4. The summed E-state index contributed by atoms with van der Waals surface area (Å²) in [7, 11) is 0. The molecule has 2 aromatic carbocycles. The molecule has 0 fully saturated rings. The second kappa shape index (κ2) is 7.42. The number of nitrogens with zero attached hydrogens (tertiary/aromatic N) is 3. The van der Waals surface area contributed by atoms with Crippen molar-refractivity contribution in [3.63, 3.8) is 0 Å². The Labute approximate surface area is 166 Å². The summed E-state index contributed by atoms with van der Waals surface area (Å²) in [5.41, 5.74) is 1.10. The molecule has 150 valence electrons. The predicted molar refractivity (Wildman–Crippen MR) is 101 cm³/mol. The van der Waals surface area contributed by atoms with Gasteiger partial charge in [0.05, 0.1) is 6.54 Å². The van der Waals surface area contributed by atoms with Gasteiger partial charge < -0.3 is 19.1 Å². The van der Waals surface area contributed by atoms with Crippen molar-refractivity contribution in [1.82, 2.24) is 5.01 Å². The molecule has 0 unspecified atom stereocenters. The molecule has 2 heterocycles. The lowest BCUT2D eigenvalue weighted by Gasteiger charge is -2.27. The van der Waals surface area contributed by atoms with Gasteiger partial charge in [-0.05, 0) is 42.5 Å². The van der Waals surface area contributed by atoms with Crippen LogP contribution in [0, 0.1) is 5.82 Å². The van der Waals surface area contributed by atoms with Crippen molar-refractivity contribution in [3.05, 3.63) is 53.8 Å². The number of ether oxygens (including phenoxy) is 3. The van der Waals surface area contributed by atoms with Crippen LogP contribution in [-0.4, -0.2) is 42.3 Å². The summed E-state index contributed by atoms with van der Waals surface area (Å²) in [6, 6.07) is 10.7. The number of benzene rings is 2. The van der Waals surface area contributed by atoms with Crippen molar-refractivity contribution in [2.45, 2.75) is 20.1 Å². The van der Waals surface area contributed by atoms with Crippen molar-refractivity contribution in [1.29, 1.82) is 0 Å². The van der Waals surface area contributed by atoms with Gasteiger partial charge in [-0.15, -0.1) is 5.10 Å². The number of halogens is 1. The molecule has 0 aliphatic carbocycles. The van der Waals surface area contributed by atoms with Gasteiger partial charge >= 0.3 is 0 Å². The predicted octanol–water partition coefficient (Wildman–Crippen LogP) is 2.47. The van der Waals surface area contributed by atoms with Crippen molar-refractivity contribution >= 4 is 23.4 Å². The van der Waals surface area contributed by atoms with E-state index in [1.165, 1.54) is 48.0 Å². The maximum atomic E-state index is 13.2. The van der Waals surface area contributed by atoms with E-state index in [1.54, 1.807) is 18.2 Å². The zero-order valence-electron chi connectivity index (χ0n) is 15.8. The van der Waals surface area contributed by atoms with Gasteiger partial charge in [-0.2, -0.15) is 5.01 Å². The van der Waals surface area contributed by atoms with Crippen molar-refractivity contribution < 1.29 is 28.2 Å². The van der Waals surface area contributed by atoms with Gasteiger partial charge in [-0.1, -0.05) is 0 Å². The highest BCUT2D eigenvalue weighted by atomic mass is 19.1. The van der Waals surface area contributed by atoms with Gasteiger partial charge in [0.1, 0.15) is 5.82 Å². The minimum atomic E-state index is -0.832. The molecular weight excluding hydrogens is 381 g/mol. The fourth-order valence-corrected chi connectivity index (χ4v) is 3.10. The summed E-state index contributed by atoms with van der Waals surface area (Å²) in [5.74, 6) is 0.377. The number of anilines is 1. The number of hydrogen-bond acceptors (Lipinski definition) is 6. The number of amides is 2. The molecule has 9 heteroatoms. The molecule has 2 amide bonds. The lowest BCUT2D eigenvalue weighted by molar-refractivity contribution is -0.135. The third-order valence-corrected chi connectivity index (χ3v) is 4.52. The van der Waals surface area contributed by atoms with E-state index in [-0.39, 0.29) is 31.0 Å². The first-order chi connectivity index (χ1) is 13.9. The zero-order valence-corrected chi connectivity index (χ0v) is 15.8. The summed E-state index contributed by atoms with van der Waals surface area (Å²) < 4.78 is 29.8. The molecule has 0 saturated carbocycles. The average molecular weight is 399 g/mol. The van der Waals surface area contributed by atoms with E-state index in [4.69, 9.17) is 14.2 Å². The van der Waals surface area contributed by atoms with Gasteiger partial charge in [-0.3, -0.25) is 9.59 Å². The molecule has 2 aromatic rings. The normalized spacial score (nSPS) is 17.0. The number of fused-ring (bicyclic) bond motifs is 1. The van der Waals surface area contributed by atoms with Gasteiger partial charge in [-0.25, -0.2) is 4.39 Å². The molecule has 4 rings (SSSR count). The second-order valence-corrected chi connectivity index (χ2v) is 6.52. The van der Waals surface area contributed by atoms with Crippen LogP contribution >= 0.6 is 0 Å². The van der Waals surface area contributed by atoms with Gasteiger partial charge in [0.25, 0.3) is 0 Å². The average Bonchev–Trinajstić information content (AvgIpc) is 3.33. The third-order valence-electron chi connectivity index (χ3n) is 4.52. The number of hydrogen-bond donors (Lipinski definition) is 0. The van der Waals surface area contributed by atoms with Gasteiger partial charge in [0.15, 0.2) is 11.5 Å². The fraction of sp³-hybridized carbons (Fsp3) is 0.250. The number of carbonyl (C=O) groups excluding carboxylic acids is 2. The topological polar surface area (TPSA) is 80.7 Å². The highest BCUT2D eigenvalue weighted by Crippen LogP contribution is 2.33.